The van der Waals surface area contributed by atoms with Crippen LogP contribution in [0.3, 0.4) is 0 Å². The van der Waals surface area contributed by atoms with Gasteiger partial charge in [-0.05, 0) is 24.6 Å². The van der Waals surface area contributed by atoms with Crippen molar-refractivity contribution in [3.8, 4) is 0 Å². The molecule has 0 amide bonds. The van der Waals surface area contributed by atoms with Crippen molar-refractivity contribution >= 4 is 11.5 Å². The average Bonchev–Trinajstić information content (AvgIpc) is 2.41. The van der Waals surface area contributed by atoms with Gasteiger partial charge < -0.3 is 5.32 Å². The highest BCUT2D eigenvalue weighted by atomic mass is 16.1. The van der Waals surface area contributed by atoms with Crippen molar-refractivity contribution in [3.05, 3.63) is 65.2 Å². The van der Waals surface area contributed by atoms with Crippen LogP contribution in [0.5, 0.6) is 0 Å². The van der Waals surface area contributed by atoms with Crippen molar-refractivity contribution in [1.29, 1.82) is 0 Å². The van der Waals surface area contributed by atoms with Gasteiger partial charge in [0.1, 0.15) is 0 Å². The fraction of sp³-hybridized carbons (Fsp3) is 0.188. The monoisotopic (exact) mass is 239 g/mol. The van der Waals surface area contributed by atoms with E-state index < -0.39 is 0 Å². The van der Waals surface area contributed by atoms with E-state index in [2.05, 4.69) is 5.32 Å². The van der Waals surface area contributed by atoms with Gasteiger partial charge in [-0.2, -0.15) is 0 Å². The molecule has 0 saturated heterocycles. The van der Waals surface area contributed by atoms with Crippen molar-refractivity contribution in [2.45, 2.75) is 13.3 Å². The molecule has 2 heteroatoms. The standard InChI is InChI=1S/C16H17NO/c1-12-7-9-13(10-8-12)11-16(18)14-5-3-4-6-15(14)17-2/h3-10,17H,11H2,1-2H3. The zero-order valence-electron chi connectivity index (χ0n) is 10.7. The van der Waals surface area contributed by atoms with Gasteiger partial charge in [0.2, 0.25) is 0 Å². The molecule has 0 spiro atoms. The fourth-order valence-electron chi connectivity index (χ4n) is 1.93. The predicted molar refractivity (Wildman–Crippen MR) is 75.2 cm³/mol. The number of rotatable bonds is 4. The number of Topliss-reactive ketones (excluding diaryl/α,β-unsaturated/α-hetero) is 1. The summed E-state index contributed by atoms with van der Waals surface area (Å²) in [5.74, 6) is 0.142. The van der Waals surface area contributed by atoms with E-state index in [1.807, 2.05) is 62.5 Å². The second kappa shape index (κ2) is 5.50. The molecule has 0 heterocycles. The van der Waals surface area contributed by atoms with Gasteiger partial charge in [-0.1, -0.05) is 42.0 Å². The highest BCUT2D eigenvalue weighted by Crippen LogP contribution is 2.17. The largest absolute Gasteiger partial charge is 0.388 e. The molecule has 0 aliphatic carbocycles. The van der Waals surface area contributed by atoms with Crippen molar-refractivity contribution in [2.75, 3.05) is 12.4 Å². The molecule has 2 aromatic carbocycles. The number of anilines is 1. The normalized spacial score (nSPS) is 10.1. The first-order valence-electron chi connectivity index (χ1n) is 6.06. The van der Waals surface area contributed by atoms with Crippen LogP contribution in [0.4, 0.5) is 5.69 Å². The SMILES string of the molecule is CNc1ccccc1C(=O)Cc1ccc(C)cc1. The average molecular weight is 239 g/mol. The minimum absolute atomic E-state index is 0.142. The van der Waals surface area contributed by atoms with E-state index in [1.165, 1.54) is 5.56 Å². The van der Waals surface area contributed by atoms with E-state index in [0.29, 0.717) is 6.42 Å². The van der Waals surface area contributed by atoms with Crippen LogP contribution in [0.2, 0.25) is 0 Å². The van der Waals surface area contributed by atoms with Gasteiger partial charge in [-0.3, -0.25) is 4.79 Å². The number of benzene rings is 2. The van der Waals surface area contributed by atoms with Gasteiger partial charge in [0.05, 0.1) is 0 Å². The molecule has 18 heavy (non-hydrogen) atoms. The Kier molecular flexibility index (Phi) is 3.78. The highest BCUT2D eigenvalue weighted by Gasteiger charge is 2.10. The summed E-state index contributed by atoms with van der Waals surface area (Å²) in [4.78, 5) is 12.2. The van der Waals surface area contributed by atoms with Crippen LogP contribution in [-0.2, 0) is 6.42 Å². The van der Waals surface area contributed by atoms with E-state index in [0.717, 1.165) is 16.8 Å². The summed E-state index contributed by atoms with van der Waals surface area (Å²) in [6.45, 7) is 2.04. The zero-order valence-corrected chi connectivity index (χ0v) is 10.7. The second-order valence-corrected chi connectivity index (χ2v) is 4.38. The van der Waals surface area contributed by atoms with Crippen LogP contribution in [-0.4, -0.2) is 12.8 Å². The first kappa shape index (κ1) is 12.4. The molecule has 0 radical (unpaired) electrons. The molecule has 0 bridgehead atoms. The number of para-hydroxylation sites is 1. The van der Waals surface area contributed by atoms with E-state index in [9.17, 15) is 4.79 Å². The van der Waals surface area contributed by atoms with Crippen molar-refractivity contribution in [1.82, 2.24) is 0 Å². The summed E-state index contributed by atoms with van der Waals surface area (Å²) >= 11 is 0. The Balaban J connectivity index is 2.19. The molecule has 0 unspecified atom stereocenters. The number of ketones is 1. The lowest BCUT2D eigenvalue weighted by molar-refractivity contribution is 0.0993. The molecule has 2 rings (SSSR count). The molecule has 0 saturated carbocycles. The highest BCUT2D eigenvalue weighted by molar-refractivity contribution is 6.02. The number of carbonyl (C=O) groups excluding carboxylic acids is 1. The Hall–Kier alpha value is -2.09. The lowest BCUT2D eigenvalue weighted by Crippen LogP contribution is -2.06. The summed E-state index contributed by atoms with van der Waals surface area (Å²) in [6.07, 6.45) is 0.443. The number of nitrogens with one attached hydrogen (secondary N) is 1. The molecule has 92 valence electrons. The van der Waals surface area contributed by atoms with E-state index in [4.69, 9.17) is 0 Å². The summed E-state index contributed by atoms with van der Waals surface area (Å²) in [7, 11) is 1.83. The van der Waals surface area contributed by atoms with Gasteiger partial charge in [0, 0.05) is 24.7 Å². The van der Waals surface area contributed by atoms with Crippen LogP contribution in [0, 0.1) is 6.92 Å². The van der Waals surface area contributed by atoms with Crippen LogP contribution in [0.25, 0.3) is 0 Å². The van der Waals surface area contributed by atoms with Crippen molar-refractivity contribution in [3.63, 3.8) is 0 Å². The summed E-state index contributed by atoms with van der Waals surface area (Å²) in [5.41, 5.74) is 3.90. The van der Waals surface area contributed by atoms with Crippen molar-refractivity contribution in [2.24, 2.45) is 0 Å². The van der Waals surface area contributed by atoms with Crippen molar-refractivity contribution < 1.29 is 4.79 Å². The van der Waals surface area contributed by atoms with Crippen LogP contribution in [0.15, 0.2) is 48.5 Å². The van der Waals surface area contributed by atoms with E-state index >= 15 is 0 Å². The molecular formula is C16H17NO. The first-order valence-corrected chi connectivity index (χ1v) is 6.06. The number of aryl methyl sites for hydroxylation is 1. The number of hydrogen-bond acceptors (Lipinski definition) is 2. The molecule has 0 aliphatic rings. The molecule has 0 aliphatic heterocycles. The fourth-order valence-corrected chi connectivity index (χ4v) is 1.93. The topological polar surface area (TPSA) is 29.1 Å². The third-order valence-corrected chi connectivity index (χ3v) is 2.98. The minimum Gasteiger partial charge on any atom is -0.388 e. The van der Waals surface area contributed by atoms with Gasteiger partial charge in [-0.25, -0.2) is 0 Å². The summed E-state index contributed by atoms with van der Waals surface area (Å²) in [6, 6.07) is 15.7. The summed E-state index contributed by atoms with van der Waals surface area (Å²) in [5, 5.41) is 3.05. The quantitative estimate of drug-likeness (QED) is 0.828. The van der Waals surface area contributed by atoms with Crippen LogP contribution in [0.1, 0.15) is 21.5 Å². The smallest absolute Gasteiger partial charge is 0.169 e. The first-order chi connectivity index (χ1) is 8.70. The number of hydrogen-bond donors (Lipinski definition) is 1. The van der Waals surface area contributed by atoms with Crippen LogP contribution < -0.4 is 5.32 Å². The molecule has 2 aromatic rings. The maximum absolute atomic E-state index is 12.2. The lowest BCUT2D eigenvalue weighted by Gasteiger charge is -2.08. The van der Waals surface area contributed by atoms with Gasteiger partial charge >= 0.3 is 0 Å². The second-order valence-electron chi connectivity index (χ2n) is 4.38. The van der Waals surface area contributed by atoms with E-state index in [1.54, 1.807) is 0 Å². The summed E-state index contributed by atoms with van der Waals surface area (Å²) < 4.78 is 0. The Bertz CT molecular complexity index is 543. The molecule has 2 nitrogen and oxygen atoms in total. The Labute approximate surface area is 108 Å². The Morgan fingerprint density at radius 1 is 1.06 bits per heavy atom. The van der Waals surface area contributed by atoms with Gasteiger partial charge in [0.25, 0.3) is 0 Å². The zero-order chi connectivity index (χ0) is 13.0. The molecular weight excluding hydrogens is 222 g/mol. The Morgan fingerprint density at radius 3 is 2.39 bits per heavy atom. The number of carbonyl (C=O) groups is 1. The predicted octanol–water partition coefficient (Wildman–Crippen LogP) is 3.46. The maximum atomic E-state index is 12.2. The third kappa shape index (κ3) is 2.77. The molecule has 0 aromatic heterocycles. The van der Waals surface area contributed by atoms with E-state index in [-0.39, 0.29) is 5.78 Å². The van der Waals surface area contributed by atoms with Gasteiger partial charge in [0.15, 0.2) is 5.78 Å². The Morgan fingerprint density at radius 2 is 1.72 bits per heavy atom. The minimum atomic E-state index is 0.142. The molecule has 0 atom stereocenters. The van der Waals surface area contributed by atoms with Gasteiger partial charge in [-0.15, -0.1) is 0 Å². The molecule has 0 fully saturated rings. The third-order valence-electron chi connectivity index (χ3n) is 2.98. The maximum Gasteiger partial charge on any atom is 0.169 e. The lowest BCUT2D eigenvalue weighted by atomic mass is 10.0. The van der Waals surface area contributed by atoms with Crippen LogP contribution >= 0.6 is 0 Å². The molecule has 1 N–H and O–H groups in total.